The summed E-state index contributed by atoms with van der Waals surface area (Å²) in [7, 11) is 6.70. The number of hydrogen-bond acceptors (Lipinski definition) is 4. The molecule has 7 heteroatoms. The van der Waals surface area contributed by atoms with E-state index in [1.165, 1.54) is 0 Å². The van der Waals surface area contributed by atoms with E-state index in [0.717, 1.165) is 28.0 Å². The summed E-state index contributed by atoms with van der Waals surface area (Å²) in [5.74, 6) is 1.18. The van der Waals surface area contributed by atoms with Crippen LogP contribution in [0, 0.1) is 0 Å². The van der Waals surface area contributed by atoms with E-state index in [4.69, 9.17) is 4.74 Å². The summed E-state index contributed by atoms with van der Waals surface area (Å²) < 4.78 is 18.7. The van der Waals surface area contributed by atoms with E-state index in [0.29, 0.717) is 15.4 Å². The molecule has 0 saturated carbocycles. The number of hydrogen-bond donors (Lipinski definition) is 1. The van der Waals surface area contributed by atoms with Gasteiger partial charge in [-0.05, 0) is 18.2 Å². The molecule has 0 saturated heterocycles. The fourth-order valence-electron chi connectivity index (χ4n) is 2.70. The smallest absolute Gasteiger partial charge is 0.197 e. The topological polar surface area (TPSA) is 85.0 Å². The van der Waals surface area contributed by atoms with Gasteiger partial charge in [0.15, 0.2) is 5.16 Å². The van der Waals surface area contributed by atoms with Crippen molar-refractivity contribution in [3.8, 4) is 5.75 Å². The summed E-state index contributed by atoms with van der Waals surface area (Å²) in [6, 6.07) is 13.7. The molecule has 6 nitrogen and oxygen atoms in total. The lowest BCUT2D eigenvalue weighted by Gasteiger charge is -2.25. The first-order valence-corrected chi connectivity index (χ1v) is 9.02. The van der Waals surface area contributed by atoms with Gasteiger partial charge >= 0.3 is 0 Å². The van der Waals surface area contributed by atoms with E-state index in [9.17, 15) is 4.21 Å². The molecular formula is C18H23N3O3S. The number of ether oxygens (including phenoxy) is 1. The van der Waals surface area contributed by atoms with Crippen LogP contribution < -0.4 is 9.22 Å². The van der Waals surface area contributed by atoms with Gasteiger partial charge in [-0.25, -0.2) is 4.98 Å². The fraction of sp³-hybridized carbons (Fsp3) is 0.278. The highest BCUT2D eigenvalue weighted by molar-refractivity contribution is 7.84. The van der Waals surface area contributed by atoms with Crippen molar-refractivity contribution < 1.29 is 14.4 Å². The number of aromatic amines is 1. The normalized spacial score (nSPS) is 12.6. The minimum Gasteiger partial charge on any atom is -0.870 e. The summed E-state index contributed by atoms with van der Waals surface area (Å²) in [4.78, 5) is 7.61. The second-order valence-corrected chi connectivity index (χ2v) is 7.92. The van der Waals surface area contributed by atoms with Crippen LogP contribution in [0.2, 0.25) is 0 Å². The van der Waals surface area contributed by atoms with Crippen LogP contribution in [0.15, 0.2) is 47.6 Å². The summed E-state index contributed by atoms with van der Waals surface area (Å²) in [6.45, 7) is 0. The van der Waals surface area contributed by atoms with Gasteiger partial charge in [-0.2, -0.15) is 0 Å². The molecule has 3 aromatic rings. The van der Waals surface area contributed by atoms with Crippen LogP contribution in [0.4, 0.5) is 5.69 Å². The number of H-pyrrole nitrogens is 1. The number of quaternary nitrogens is 1. The average Bonchev–Trinajstić information content (AvgIpc) is 2.97. The minimum atomic E-state index is -1.24. The first-order valence-electron chi connectivity index (χ1n) is 7.70. The SMILES string of the molecule is COc1ccc2nc(S(=O)Cc3ccccc3[N+](C)(C)C)[nH]c2c1.[OH-]. The number of benzene rings is 2. The highest BCUT2D eigenvalue weighted by Gasteiger charge is 2.20. The quantitative estimate of drug-likeness (QED) is 0.708. The number of imidazole rings is 1. The van der Waals surface area contributed by atoms with Crippen LogP contribution in [-0.2, 0) is 16.6 Å². The maximum absolute atomic E-state index is 12.8. The van der Waals surface area contributed by atoms with E-state index >= 15 is 0 Å². The van der Waals surface area contributed by atoms with Crippen LogP contribution in [-0.4, -0.2) is 47.9 Å². The second-order valence-electron chi connectivity index (χ2n) is 6.56. The molecule has 1 heterocycles. The Bertz CT molecular complexity index is 900. The summed E-state index contributed by atoms with van der Waals surface area (Å²) in [5.41, 5.74) is 3.85. The van der Waals surface area contributed by atoms with Gasteiger partial charge in [0.25, 0.3) is 0 Å². The molecule has 2 aromatic carbocycles. The third-order valence-corrected chi connectivity index (χ3v) is 5.08. The lowest BCUT2D eigenvalue weighted by Crippen LogP contribution is -2.35. The van der Waals surface area contributed by atoms with Crippen molar-refractivity contribution in [1.29, 1.82) is 0 Å². The molecule has 25 heavy (non-hydrogen) atoms. The number of aromatic nitrogens is 2. The van der Waals surface area contributed by atoms with Crippen LogP contribution >= 0.6 is 0 Å². The molecule has 1 unspecified atom stereocenters. The standard InChI is InChI=1S/C18H22N3O2S.H2O/c1-21(2,3)17-8-6-5-7-13(17)12-24(22)18-19-15-10-9-14(23-4)11-16(15)20-18;/h5-11H,12H2,1-4H3,(H,19,20);1H2/q+1;/p-1. The number of methoxy groups -OCH3 is 1. The Hall–Kier alpha value is -2.22. The number of nitrogens with zero attached hydrogens (tertiary/aromatic N) is 2. The van der Waals surface area contributed by atoms with Gasteiger partial charge in [0.05, 0.1) is 55.8 Å². The predicted octanol–water partition coefficient (Wildman–Crippen LogP) is 2.90. The van der Waals surface area contributed by atoms with Gasteiger partial charge in [-0.15, -0.1) is 0 Å². The Kier molecular flexibility index (Phi) is 5.62. The molecule has 0 aliphatic carbocycles. The van der Waals surface area contributed by atoms with Gasteiger partial charge in [0, 0.05) is 11.6 Å². The van der Waals surface area contributed by atoms with E-state index in [-0.39, 0.29) is 5.48 Å². The van der Waals surface area contributed by atoms with Crippen LogP contribution in [0.3, 0.4) is 0 Å². The van der Waals surface area contributed by atoms with E-state index in [2.05, 4.69) is 37.2 Å². The van der Waals surface area contributed by atoms with Crippen LogP contribution in [0.1, 0.15) is 5.56 Å². The maximum atomic E-state index is 12.8. The zero-order valence-corrected chi connectivity index (χ0v) is 15.6. The van der Waals surface area contributed by atoms with Crippen molar-refractivity contribution >= 4 is 27.5 Å². The van der Waals surface area contributed by atoms with E-state index in [1.54, 1.807) is 7.11 Å². The molecule has 3 rings (SSSR count). The first kappa shape index (κ1) is 19.1. The lowest BCUT2D eigenvalue weighted by atomic mass is 10.2. The molecule has 0 bridgehead atoms. The Labute approximate surface area is 149 Å². The molecule has 1 aromatic heterocycles. The highest BCUT2D eigenvalue weighted by Crippen LogP contribution is 2.26. The van der Waals surface area contributed by atoms with Gasteiger partial charge in [0.2, 0.25) is 0 Å². The van der Waals surface area contributed by atoms with Gasteiger partial charge in [-0.1, -0.05) is 18.2 Å². The van der Waals surface area contributed by atoms with Crippen LogP contribution in [0.5, 0.6) is 5.75 Å². The third kappa shape index (κ3) is 4.07. The number of nitrogens with one attached hydrogen (secondary N) is 1. The van der Waals surface area contributed by atoms with Gasteiger partial charge in [0.1, 0.15) is 11.4 Å². The highest BCUT2D eigenvalue weighted by atomic mass is 32.2. The zero-order valence-electron chi connectivity index (χ0n) is 14.8. The Morgan fingerprint density at radius 1 is 1.16 bits per heavy atom. The molecule has 0 aliphatic heterocycles. The predicted molar refractivity (Wildman–Crippen MR) is 101 cm³/mol. The largest absolute Gasteiger partial charge is 0.870 e. The molecule has 0 fully saturated rings. The van der Waals surface area contributed by atoms with E-state index < -0.39 is 10.8 Å². The van der Waals surface area contributed by atoms with Gasteiger partial charge < -0.3 is 15.2 Å². The average molecular weight is 361 g/mol. The van der Waals surface area contributed by atoms with Gasteiger partial charge in [-0.3, -0.25) is 8.69 Å². The van der Waals surface area contributed by atoms with E-state index in [1.807, 2.05) is 36.4 Å². The zero-order chi connectivity index (χ0) is 17.3. The Balaban J connectivity index is 0.00000225. The second kappa shape index (κ2) is 7.35. The molecule has 0 aliphatic rings. The Morgan fingerprint density at radius 2 is 1.88 bits per heavy atom. The first-order chi connectivity index (χ1) is 11.4. The molecule has 0 radical (unpaired) electrons. The molecular weight excluding hydrogens is 338 g/mol. The number of para-hydroxylation sites is 1. The van der Waals surface area contributed by atoms with Crippen molar-refractivity contribution in [2.24, 2.45) is 0 Å². The Morgan fingerprint density at radius 3 is 2.56 bits per heavy atom. The fourth-order valence-corrected chi connectivity index (χ4v) is 3.78. The van der Waals surface area contributed by atoms with Crippen molar-refractivity contribution in [2.75, 3.05) is 28.3 Å². The van der Waals surface area contributed by atoms with Crippen molar-refractivity contribution in [2.45, 2.75) is 10.9 Å². The number of fused-ring (bicyclic) bond motifs is 1. The van der Waals surface area contributed by atoms with Crippen molar-refractivity contribution in [1.82, 2.24) is 14.5 Å². The molecule has 1 atom stereocenters. The van der Waals surface area contributed by atoms with Crippen molar-refractivity contribution in [3.63, 3.8) is 0 Å². The maximum Gasteiger partial charge on any atom is 0.197 e. The molecule has 0 spiro atoms. The van der Waals surface area contributed by atoms with Crippen LogP contribution in [0.25, 0.3) is 11.0 Å². The summed E-state index contributed by atoms with van der Waals surface area (Å²) >= 11 is 0. The van der Waals surface area contributed by atoms with Crippen molar-refractivity contribution in [3.05, 3.63) is 48.0 Å². The molecule has 0 amide bonds. The molecule has 134 valence electrons. The summed E-state index contributed by atoms with van der Waals surface area (Å²) in [6.07, 6.45) is 0. The number of rotatable bonds is 5. The third-order valence-electron chi connectivity index (χ3n) is 3.88. The molecule has 2 N–H and O–H groups in total. The minimum absolute atomic E-state index is 0. The lowest BCUT2D eigenvalue weighted by molar-refractivity contribution is 0.415. The monoisotopic (exact) mass is 361 g/mol. The summed E-state index contributed by atoms with van der Waals surface area (Å²) in [5, 5.41) is 0.495.